The molecule has 1 aromatic heterocycles. The number of likely N-dealkylation sites (N-methyl/N-ethyl adjacent to an activating group) is 1. The highest BCUT2D eigenvalue weighted by Crippen LogP contribution is 2.39. The topological polar surface area (TPSA) is 83.1 Å². The number of nitrogens with zero attached hydrogens (tertiary/aromatic N) is 4. The van der Waals surface area contributed by atoms with E-state index >= 15 is 0 Å². The summed E-state index contributed by atoms with van der Waals surface area (Å²) in [5, 5.41) is 0. The van der Waals surface area contributed by atoms with Gasteiger partial charge in [-0.2, -0.15) is 13.2 Å². The van der Waals surface area contributed by atoms with Crippen LogP contribution in [0.5, 0.6) is 0 Å². The van der Waals surface area contributed by atoms with E-state index in [0.717, 1.165) is 23.2 Å². The van der Waals surface area contributed by atoms with Crippen molar-refractivity contribution in [3.8, 4) is 0 Å². The first-order chi connectivity index (χ1) is 13.8. The van der Waals surface area contributed by atoms with Gasteiger partial charge in [0, 0.05) is 20.1 Å². The van der Waals surface area contributed by atoms with Crippen molar-refractivity contribution in [3.05, 3.63) is 24.0 Å². The summed E-state index contributed by atoms with van der Waals surface area (Å²) < 4.78 is 43.6. The Labute approximate surface area is 171 Å². The number of alkyl halides is 3. The summed E-state index contributed by atoms with van der Waals surface area (Å²) >= 11 is 0. The van der Waals surface area contributed by atoms with Crippen molar-refractivity contribution < 1.29 is 32.3 Å². The highest BCUT2D eigenvalue weighted by molar-refractivity contribution is 6.23. The average molecular weight is 428 g/mol. The van der Waals surface area contributed by atoms with Crippen molar-refractivity contribution in [2.24, 2.45) is 0 Å². The fraction of sp³-hybridized carbons (Fsp3) is 0.579. The van der Waals surface area contributed by atoms with Gasteiger partial charge in [0.25, 0.3) is 5.91 Å². The molecule has 2 aliphatic heterocycles. The van der Waals surface area contributed by atoms with Crippen molar-refractivity contribution in [1.29, 1.82) is 0 Å². The Morgan fingerprint density at radius 1 is 1.13 bits per heavy atom. The summed E-state index contributed by atoms with van der Waals surface area (Å²) in [5.41, 5.74) is -2.97. The van der Waals surface area contributed by atoms with Crippen LogP contribution in [0.3, 0.4) is 0 Å². The zero-order valence-electron chi connectivity index (χ0n) is 17.1. The molecular weight excluding hydrogens is 405 g/mol. The van der Waals surface area contributed by atoms with E-state index in [2.05, 4.69) is 4.98 Å². The minimum Gasteiger partial charge on any atom is -0.444 e. The Morgan fingerprint density at radius 3 is 2.20 bits per heavy atom. The molecule has 0 bridgehead atoms. The molecule has 0 aliphatic carbocycles. The van der Waals surface area contributed by atoms with Crippen LogP contribution in [0, 0.1) is 0 Å². The van der Waals surface area contributed by atoms with Gasteiger partial charge in [-0.1, -0.05) is 0 Å². The molecule has 0 atom stereocenters. The molecular formula is C19H23F3N4O4. The molecule has 4 amide bonds. The van der Waals surface area contributed by atoms with Gasteiger partial charge in [0.1, 0.15) is 16.8 Å². The molecule has 1 aromatic rings. The average Bonchev–Trinajstić information content (AvgIpc) is 2.82. The number of imide groups is 1. The summed E-state index contributed by atoms with van der Waals surface area (Å²) in [7, 11) is 1.47. The molecule has 0 aromatic carbocycles. The SMILES string of the molecule is CN1C(=O)N(c2ccc(C(F)(F)F)nc2)C(=O)C12CCN(C(=O)OC(C)(C)C)CC2. The van der Waals surface area contributed by atoms with Crippen LogP contribution in [-0.4, -0.2) is 64.1 Å². The van der Waals surface area contributed by atoms with Gasteiger partial charge in [0.15, 0.2) is 0 Å². The molecule has 0 saturated carbocycles. The van der Waals surface area contributed by atoms with Crippen molar-refractivity contribution in [1.82, 2.24) is 14.8 Å². The molecule has 164 valence electrons. The summed E-state index contributed by atoms with van der Waals surface area (Å²) in [5.74, 6) is -0.541. The first-order valence-corrected chi connectivity index (χ1v) is 9.40. The van der Waals surface area contributed by atoms with Gasteiger partial charge in [0.2, 0.25) is 0 Å². The monoisotopic (exact) mass is 428 g/mol. The zero-order valence-corrected chi connectivity index (χ0v) is 17.1. The van der Waals surface area contributed by atoms with E-state index in [9.17, 15) is 27.6 Å². The molecule has 2 fully saturated rings. The third kappa shape index (κ3) is 3.80. The number of urea groups is 1. The molecule has 3 heterocycles. The molecule has 11 heteroatoms. The molecule has 0 radical (unpaired) electrons. The second kappa shape index (κ2) is 7.13. The second-order valence-corrected chi connectivity index (χ2v) is 8.38. The van der Waals surface area contributed by atoms with Gasteiger partial charge >= 0.3 is 18.3 Å². The van der Waals surface area contributed by atoms with E-state index in [0.29, 0.717) is 0 Å². The number of piperidine rings is 1. The number of ether oxygens (including phenoxy) is 1. The van der Waals surface area contributed by atoms with E-state index in [1.54, 1.807) is 20.8 Å². The number of rotatable bonds is 1. The van der Waals surface area contributed by atoms with Gasteiger partial charge < -0.3 is 14.5 Å². The van der Waals surface area contributed by atoms with Crippen LogP contribution >= 0.6 is 0 Å². The van der Waals surface area contributed by atoms with Gasteiger partial charge in [-0.3, -0.25) is 4.79 Å². The van der Waals surface area contributed by atoms with Crippen LogP contribution in [0.2, 0.25) is 0 Å². The largest absolute Gasteiger partial charge is 0.444 e. The van der Waals surface area contributed by atoms with Crippen LogP contribution in [0.1, 0.15) is 39.3 Å². The Balaban J connectivity index is 1.78. The number of anilines is 1. The first kappa shape index (κ1) is 21.8. The van der Waals surface area contributed by atoms with Crippen molar-refractivity contribution in [3.63, 3.8) is 0 Å². The maximum Gasteiger partial charge on any atom is 0.433 e. The number of hydrogen-bond donors (Lipinski definition) is 0. The lowest BCUT2D eigenvalue weighted by Gasteiger charge is -2.40. The standard InChI is InChI=1S/C19H23F3N4O4/c1-17(2,3)30-16(29)25-9-7-18(8-10-25)14(27)26(15(28)24(18)4)12-5-6-13(23-11-12)19(20,21)22/h5-6,11H,7-10H2,1-4H3. The minimum atomic E-state index is -4.62. The maximum absolute atomic E-state index is 13.2. The molecule has 0 N–H and O–H groups in total. The lowest BCUT2D eigenvalue weighted by molar-refractivity contribution is -0.141. The number of carbonyl (C=O) groups excluding carboxylic acids is 3. The maximum atomic E-state index is 13.2. The normalized spacial score (nSPS) is 19.6. The van der Waals surface area contributed by atoms with Crippen molar-refractivity contribution >= 4 is 23.7 Å². The van der Waals surface area contributed by atoms with Crippen molar-refractivity contribution in [2.75, 3.05) is 25.0 Å². The molecule has 3 rings (SSSR count). The van der Waals surface area contributed by atoms with Crippen LogP contribution in [0.4, 0.5) is 28.4 Å². The van der Waals surface area contributed by atoms with Crippen LogP contribution < -0.4 is 4.90 Å². The molecule has 2 saturated heterocycles. The molecule has 8 nitrogen and oxygen atoms in total. The Kier molecular flexibility index (Phi) is 5.20. The van der Waals surface area contributed by atoms with E-state index in [-0.39, 0.29) is 31.6 Å². The lowest BCUT2D eigenvalue weighted by atomic mass is 9.86. The fourth-order valence-electron chi connectivity index (χ4n) is 3.62. The lowest BCUT2D eigenvalue weighted by Crippen LogP contribution is -2.56. The summed E-state index contributed by atoms with van der Waals surface area (Å²) in [6, 6.07) is 1.13. The fourth-order valence-corrected chi connectivity index (χ4v) is 3.62. The number of pyridine rings is 1. The number of hydrogen-bond acceptors (Lipinski definition) is 5. The van der Waals surface area contributed by atoms with Crippen molar-refractivity contribution in [2.45, 2.75) is 50.9 Å². The number of aromatic nitrogens is 1. The minimum absolute atomic E-state index is 0.0312. The number of halogens is 3. The zero-order chi connectivity index (χ0) is 22.5. The smallest absolute Gasteiger partial charge is 0.433 e. The van der Waals surface area contributed by atoms with E-state index in [1.807, 2.05) is 0 Å². The van der Waals surface area contributed by atoms with E-state index in [1.165, 1.54) is 16.8 Å². The summed E-state index contributed by atoms with van der Waals surface area (Å²) in [4.78, 5) is 45.1. The molecule has 2 aliphatic rings. The van der Waals surface area contributed by atoms with E-state index < -0.39 is 41.0 Å². The van der Waals surface area contributed by atoms with Gasteiger partial charge in [-0.25, -0.2) is 19.5 Å². The predicted molar refractivity (Wildman–Crippen MR) is 99.7 cm³/mol. The summed E-state index contributed by atoms with van der Waals surface area (Å²) in [6.07, 6.45) is -3.87. The third-order valence-corrected chi connectivity index (χ3v) is 5.26. The predicted octanol–water partition coefficient (Wildman–Crippen LogP) is 3.27. The number of amides is 4. The van der Waals surface area contributed by atoms with Gasteiger partial charge in [0.05, 0.1) is 11.9 Å². The summed E-state index contributed by atoms with van der Waals surface area (Å²) in [6.45, 7) is 5.66. The Hall–Kier alpha value is -2.85. The molecule has 30 heavy (non-hydrogen) atoms. The molecule has 0 unspecified atom stereocenters. The number of likely N-dealkylation sites (tertiary alicyclic amines) is 1. The van der Waals surface area contributed by atoms with Crippen LogP contribution in [-0.2, 0) is 15.7 Å². The quantitative estimate of drug-likeness (QED) is 0.641. The Bertz CT molecular complexity index is 856. The first-order valence-electron chi connectivity index (χ1n) is 9.40. The van der Waals surface area contributed by atoms with Crippen LogP contribution in [0.15, 0.2) is 18.3 Å². The van der Waals surface area contributed by atoms with Gasteiger partial charge in [-0.05, 0) is 45.7 Å². The number of carbonyl (C=O) groups is 3. The highest BCUT2D eigenvalue weighted by Gasteiger charge is 2.57. The van der Waals surface area contributed by atoms with Crippen LogP contribution in [0.25, 0.3) is 0 Å². The Morgan fingerprint density at radius 2 is 1.73 bits per heavy atom. The van der Waals surface area contributed by atoms with E-state index in [4.69, 9.17) is 4.74 Å². The second-order valence-electron chi connectivity index (χ2n) is 8.38. The highest BCUT2D eigenvalue weighted by atomic mass is 19.4. The third-order valence-electron chi connectivity index (χ3n) is 5.26. The molecule has 1 spiro atoms. The van der Waals surface area contributed by atoms with Gasteiger partial charge in [-0.15, -0.1) is 0 Å².